The van der Waals surface area contributed by atoms with Gasteiger partial charge in [0.2, 0.25) is 0 Å². The van der Waals surface area contributed by atoms with Gasteiger partial charge >= 0.3 is 186 Å². The van der Waals surface area contributed by atoms with E-state index in [1.165, 1.54) is 0 Å². The van der Waals surface area contributed by atoms with Crippen LogP contribution in [0.5, 0.6) is 0 Å². The van der Waals surface area contributed by atoms with Crippen molar-refractivity contribution in [3.05, 3.63) is 93.6 Å². The summed E-state index contributed by atoms with van der Waals surface area (Å²) in [5.74, 6) is 0. The average Bonchev–Trinajstić information content (AvgIpc) is 3.22. The van der Waals surface area contributed by atoms with E-state index in [4.69, 9.17) is 0 Å². The maximum absolute atomic E-state index is 17.1. The standard InChI is InChI=1S/C15H11.C12H19.2FH.Zr/c1-2-6-12(7-3-1)15-10-13-8-4-5-9-14(13)11-15;1-6-7-12-10(4)8(2)9(3)11(12)5;;;/h1-11H;6-7H2,1-5H3;2*1H;/q;;;;+2/p-2. The molecular weight excluding hydrogens is 454 g/mol. The Kier molecular flexibility index (Phi) is 5.64. The summed E-state index contributed by atoms with van der Waals surface area (Å²) in [5, 5.41) is 0. The first-order chi connectivity index (χ1) is 14.2. The zero-order valence-corrected chi connectivity index (χ0v) is 21.0. The van der Waals surface area contributed by atoms with Crippen LogP contribution in [0.3, 0.4) is 0 Å². The molecule has 0 aromatic heterocycles. The molecule has 2 aromatic rings. The van der Waals surface area contributed by atoms with Gasteiger partial charge in [0.15, 0.2) is 0 Å². The minimum atomic E-state index is -5.88. The third-order valence-electron chi connectivity index (χ3n) is 7.50. The first kappa shape index (κ1) is 21.6. The van der Waals surface area contributed by atoms with Crippen LogP contribution < -0.4 is 0 Å². The summed E-state index contributed by atoms with van der Waals surface area (Å²) in [6.07, 6.45) is 3.66. The molecule has 0 aliphatic heterocycles. The quantitative estimate of drug-likeness (QED) is 0.398. The fraction of sp³-hybridized carbons (Fsp3) is 0.333. The summed E-state index contributed by atoms with van der Waals surface area (Å²) < 4.78 is 32.4. The first-order valence-corrected chi connectivity index (χ1v) is 15.4. The van der Waals surface area contributed by atoms with E-state index in [9.17, 15) is 0 Å². The molecule has 2 aliphatic carbocycles. The molecular formula is C27H30F2Zr. The monoisotopic (exact) mass is 482 g/mol. The van der Waals surface area contributed by atoms with E-state index in [2.05, 4.69) is 6.92 Å². The molecule has 2 atom stereocenters. The predicted octanol–water partition coefficient (Wildman–Crippen LogP) is 8.85. The molecule has 0 saturated heterocycles. The van der Waals surface area contributed by atoms with Crippen LogP contribution in [-0.2, 0) is 21.5 Å². The van der Waals surface area contributed by atoms with E-state index in [1.807, 2.05) is 88.4 Å². The van der Waals surface area contributed by atoms with E-state index in [-0.39, 0.29) is 0 Å². The third-order valence-corrected chi connectivity index (χ3v) is 15.7. The Labute approximate surface area is 185 Å². The second kappa shape index (κ2) is 7.83. The van der Waals surface area contributed by atoms with Crippen molar-refractivity contribution in [3.8, 4) is 0 Å². The Morgan fingerprint density at radius 1 is 0.900 bits per heavy atom. The molecule has 0 N–H and O–H groups in total. The molecule has 0 saturated carbocycles. The van der Waals surface area contributed by atoms with Gasteiger partial charge in [-0.2, -0.15) is 0 Å². The molecule has 30 heavy (non-hydrogen) atoms. The van der Waals surface area contributed by atoms with Crippen molar-refractivity contribution in [1.82, 2.24) is 0 Å². The second-order valence-electron chi connectivity index (χ2n) is 8.88. The van der Waals surface area contributed by atoms with Gasteiger partial charge in [-0.25, -0.2) is 0 Å². The van der Waals surface area contributed by atoms with Crippen LogP contribution in [0.2, 0.25) is 3.12 Å². The second-order valence-corrected chi connectivity index (χ2v) is 15.8. The topological polar surface area (TPSA) is 0 Å². The summed E-state index contributed by atoms with van der Waals surface area (Å²) in [4.78, 5) is 0. The number of fused-ring (bicyclic) bond motifs is 1. The number of rotatable bonds is 5. The zero-order chi connectivity index (χ0) is 21.7. The molecule has 0 fully saturated rings. The number of hydrogen-bond acceptors (Lipinski definition) is 0. The molecule has 156 valence electrons. The van der Waals surface area contributed by atoms with E-state index in [0.29, 0.717) is 0 Å². The zero-order valence-electron chi connectivity index (χ0n) is 18.5. The van der Waals surface area contributed by atoms with Gasteiger partial charge in [-0.05, 0) is 0 Å². The number of halogens is 2. The SMILES string of the molecule is CCCC1=C(C)C(C)=C(C)[C]1(C)[Zr]([F])([F])[CH]1C(c2ccccc2)=Cc2ccccc21. The number of allylic oxidation sites excluding steroid dienone is 5. The van der Waals surface area contributed by atoms with Gasteiger partial charge in [-0.3, -0.25) is 0 Å². The summed E-state index contributed by atoms with van der Waals surface area (Å²) >= 11 is -5.88. The van der Waals surface area contributed by atoms with Crippen molar-refractivity contribution in [2.45, 2.75) is 54.2 Å². The van der Waals surface area contributed by atoms with Crippen molar-refractivity contribution >= 4 is 11.6 Å². The van der Waals surface area contributed by atoms with Gasteiger partial charge in [0.05, 0.1) is 0 Å². The van der Waals surface area contributed by atoms with Crippen LogP contribution in [0, 0.1) is 0 Å². The molecule has 0 bridgehead atoms. The Hall–Kier alpha value is -1.60. The Balaban J connectivity index is 1.93. The molecule has 2 aliphatic rings. The normalized spacial score (nSPS) is 23.8. The first-order valence-electron chi connectivity index (χ1n) is 10.9. The van der Waals surface area contributed by atoms with Crippen LogP contribution in [0.1, 0.15) is 67.8 Å². The van der Waals surface area contributed by atoms with Crippen LogP contribution in [0.4, 0.5) is 5.25 Å². The van der Waals surface area contributed by atoms with Crippen LogP contribution >= 0.6 is 0 Å². The predicted molar refractivity (Wildman–Crippen MR) is 120 cm³/mol. The van der Waals surface area contributed by atoms with Gasteiger partial charge < -0.3 is 0 Å². The van der Waals surface area contributed by atoms with Crippen molar-refractivity contribution in [2.24, 2.45) is 0 Å². The molecule has 2 unspecified atom stereocenters. The summed E-state index contributed by atoms with van der Waals surface area (Å²) in [6.45, 7) is 10.0. The molecule has 2 aromatic carbocycles. The van der Waals surface area contributed by atoms with Crippen LogP contribution in [0.25, 0.3) is 11.6 Å². The molecule has 0 heterocycles. The van der Waals surface area contributed by atoms with Gasteiger partial charge in [0.1, 0.15) is 0 Å². The van der Waals surface area contributed by atoms with E-state index >= 15 is 5.25 Å². The van der Waals surface area contributed by atoms with Gasteiger partial charge in [-0.15, -0.1) is 0 Å². The summed E-state index contributed by atoms with van der Waals surface area (Å²) in [6, 6.07) is 17.6. The maximum atomic E-state index is 17.1. The van der Waals surface area contributed by atoms with Crippen molar-refractivity contribution in [3.63, 3.8) is 0 Å². The minimum absolute atomic E-state index is 0.752. The molecule has 0 amide bonds. The summed E-state index contributed by atoms with van der Waals surface area (Å²) in [7, 11) is 0. The molecule has 4 rings (SSSR count). The fourth-order valence-corrected chi connectivity index (χ4v) is 13.6. The van der Waals surface area contributed by atoms with Crippen LogP contribution in [0.15, 0.2) is 76.9 Å². The summed E-state index contributed by atoms with van der Waals surface area (Å²) in [5.41, 5.74) is 7.59. The number of benzene rings is 2. The third kappa shape index (κ3) is 3.00. The molecule has 0 spiro atoms. The van der Waals surface area contributed by atoms with Gasteiger partial charge in [-0.1, -0.05) is 0 Å². The Bertz CT molecular complexity index is 1080. The fourth-order valence-electron chi connectivity index (χ4n) is 5.51. The van der Waals surface area contributed by atoms with Gasteiger partial charge in [0.25, 0.3) is 0 Å². The average molecular weight is 484 g/mol. The Morgan fingerprint density at radius 3 is 2.20 bits per heavy atom. The van der Waals surface area contributed by atoms with E-state index in [1.54, 1.807) is 0 Å². The van der Waals surface area contributed by atoms with Crippen molar-refractivity contribution in [2.75, 3.05) is 0 Å². The molecule has 0 radical (unpaired) electrons. The van der Waals surface area contributed by atoms with Crippen molar-refractivity contribution < 1.29 is 26.7 Å². The Morgan fingerprint density at radius 2 is 1.53 bits per heavy atom. The van der Waals surface area contributed by atoms with Crippen LogP contribution in [-0.4, -0.2) is 0 Å². The molecule has 0 nitrogen and oxygen atoms in total. The molecule has 3 heteroatoms. The van der Waals surface area contributed by atoms with Crippen molar-refractivity contribution in [1.29, 1.82) is 0 Å². The number of hydrogen-bond donors (Lipinski definition) is 0. The van der Waals surface area contributed by atoms with E-state index < -0.39 is 28.2 Å². The van der Waals surface area contributed by atoms with E-state index in [0.717, 1.165) is 57.4 Å². The van der Waals surface area contributed by atoms with Gasteiger partial charge in [0, 0.05) is 0 Å².